The molecule has 8 rings (SSSR count). The van der Waals surface area contributed by atoms with Gasteiger partial charge in [0.25, 0.3) is 0 Å². The van der Waals surface area contributed by atoms with E-state index in [0.717, 1.165) is 57.0 Å². The van der Waals surface area contributed by atoms with Gasteiger partial charge in [-0.05, 0) is 94.3 Å². The molecule has 2 radical (unpaired) electrons. The Morgan fingerprint density at radius 2 is 0.576 bits per heavy atom. The van der Waals surface area contributed by atoms with Crippen molar-refractivity contribution in [2.24, 2.45) is 20.8 Å². The minimum atomic E-state index is -0.541. The second-order valence-electron chi connectivity index (χ2n) is 29.7. The molecule has 6 aromatic carbocycles. The third kappa shape index (κ3) is 18.8. The smallest absolute Gasteiger partial charge is 0.676 e. The fourth-order valence-corrected chi connectivity index (χ4v) is 12.2. The summed E-state index contributed by atoms with van der Waals surface area (Å²) in [5.41, 5.74) is 22.4. The van der Waals surface area contributed by atoms with E-state index >= 15 is 0 Å². The molecule has 92 heavy (non-hydrogen) atoms. The maximum atomic E-state index is 5.43. The molecular weight excluding hydrogens is 1210 g/mol. The Morgan fingerprint density at radius 1 is 0.348 bits per heavy atom. The molecule has 6 aromatic rings. The third-order valence-corrected chi connectivity index (χ3v) is 17.2. The summed E-state index contributed by atoms with van der Waals surface area (Å²) in [5, 5.41) is 21.0. The molecular formula is C84H112Co2N6. The Labute approximate surface area is 580 Å². The van der Waals surface area contributed by atoms with Gasteiger partial charge >= 0.3 is 33.6 Å². The van der Waals surface area contributed by atoms with Crippen molar-refractivity contribution in [2.75, 3.05) is 0 Å². The van der Waals surface area contributed by atoms with Gasteiger partial charge in [0.1, 0.15) is 0 Å². The van der Waals surface area contributed by atoms with Crippen LogP contribution < -0.4 is 0 Å². The number of rotatable bonds is 18. The molecule has 0 fully saturated rings. The minimum Gasteiger partial charge on any atom is -0.676 e. The standard InChI is InChI=1S/2C29H41N2.C26H30N2.2Co/c2*1-18(2)24-13-11-14-25(19(3)4)28(24)30-22(9)17-23(10)31-29-26(20(5)6)15-12-16-27(29)21(7)8;1-23(2,3)21-17-25(19-13-9-7-10-14-19)26(27-21,20-15-11-8-12-16-20)18-22(28-25)24(4,5)6;;/h2*11-21H,1-10H3;7-18H,1-6H3;;/q2*-1;-2;2*+2/b2*22-17-,31-23?;;;/t;;25-,26-;;/m..1../s1. The van der Waals surface area contributed by atoms with Crippen molar-refractivity contribution in [3.05, 3.63) is 257 Å². The van der Waals surface area contributed by atoms with E-state index in [1.165, 1.54) is 55.6 Å². The number of hydrogen-bond donors (Lipinski definition) is 0. The van der Waals surface area contributed by atoms with Gasteiger partial charge in [0, 0.05) is 11.4 Å². The van der Waals surface area contributed by atoms with Crippen LogP contribution in [0.5, 0.6) is 0 Å². The molecule has 0 unspecified atom stereocenters. The largest absolute Gasteiger partial charge is 2.00 e. The summed E-state index contributed by atoms with van der Waals surface area (Å²) in [4.78, 5) is 10.2. The van der Waals surface area contributed by atoms with Crippen LogP contribution in [0.3, 0.4) is 0 Å². The number of nitrogens with zero attached hydrogens (tertiary/aromatic N) is 6. The van der Waals surface area contributed by atoms with Crippen LogP contribution in [0, 0.1) is 10.8 Å². The molecule has 0 aliphatic carbocycles. The van der Waals surface area contributed by atoms with E-state index in [2.05, 4.69) is 338 Å². The number of aliphatic imine (C=N–C) groups is 2. The van der Waals surface area contributed by atoms with Crippen LogP contribution >= 0.6 is 0 Å². The summed E-state index contributed by atoms with van der Waals surface area (Å²) in [6.45, 7) is 57.5. The topological polar surface area (TPSA) is 81.1 Å². The van der Waals surface area contributed by atoms with Gasteiger partial charge in [-0.2, -0.15) is 22.8 Å². The Balaban J connectivity index is 0.000000291. The SMILES string of the molecule is CC(/C=C(/C)[N-]c1c(C(C)C)cccc1C(C)C)=Nc1c(C(C)C)cccc1C(C)C.CC(/C=C(/C)[N-]c1c(C(C)C)cccc1C(C)C)=Nc1c(C(C)C)cccc1C(C)C.CC(C)(C)C1=C[C@]2(c3ccccc3)[N-]C(C(C)(C)C)=C[C@]2(c2ccccc2)[N-]1.[Co+2].[Co+2]. The maximum Gasteiger partial charge on any atom is 2.00 e. The molecule has 2 aliphatic heterocycles. The maximum absolute atomic E-state index is 5.43. The zero-order valence-electron chi connectivity index (χ0n) is 61.0. The van der Waals surface area contributed by atoms with E-state index in [1.54, 1.807) is 0 Å². The molecule has 0 saturated carbocycles. The second-order valence-corrected chi connectivity index (χ2v) is 29.7. The molecule has 2 aliphatic rings. The third-order valence-electron chi connectivity index (χ3n) is 17.2. The molecule has 8 heteroatoms. The number of allylic oxidation sites excluding steroid dienone is 6. The van der Waals surface area contributed by atoms with E-state index in [9.17, 15) is 0 Å². The number of para-hydroxylation sites is 4. The Hall–Kier alpha value is -6.17. The molecule has 0 spiro atoms. The molecule has 0 N–H and O–H groups in total. The van der Waals surface area contributed by atoms with E-state index in [1.807, 2.05) is 0 Å². The summed E-state index contributed by atoms with van der Waals surface area (Å²) in [5.74, 6) is 3.49. The van der Waals surface area contributed by atoms with Crippen LogP contribution in [0.2, 0.25) is 0 Å². The summed E-state index contributed by atoms with van der Waals surface area (Å²) in [6, 6.07) is 47.6. The van der Waals surface area contributed by atoms with Gasteiger partial charge in [0.05, 0.1) is 11.4 Å². The zero-order chi connectivity index (χ0) is 66.8. The summed E-state index contributed by atoms with van der Waals surface area (Å²) >= 11 is 0. The van der Waals surface area contributed by atoms with Gasteiger partial charge in [-0.15, -0.1) is 23.5 Å². The van der Waals surface area contributed by atoms with Crippen LogP contribution in [-0.4, -0.2) is 11.4 Å². The number of hydrogen-bond acceptors (Lipinski definition) is 2. The number of fused-ring (bicyclic) bond motifs is 1. The van der Waals surface area contributed by atoms with E-state index < -0.39 is 11.1 Å². The van der Waals surface area contributed by atoms with Crippen molar-refractivity contribution in [1.29, 1.82) is 0 Å². The number of benzene rings is 6. The van der Waals surface area contributed by atoms with E-state index in [4.69, 9.17) is 31.3 Å². The normalized spacial score (nSPS) is 17.0. The quantitative estimate of drug-likeness (QED) is 0.0769. The van der Waals surface area contributed by atoms with Gasteiger partial charge in [-0.25, -0.2) is 0 Å². The fraction of sp³-hybridized carbons (Fsp3) is 0.452. The van der Waals surface area contributed by atoms with Crippen molar-refractivity contribution in [3.63, 3.8) is 0 Å². The van der Waals surface area contributed by atoms with E-state index in [-0.39, 0.29) is 44.4 Å². The molecule has 0 saturated heterocycles. The Morgan fingerprint density at radius 3 is 0.793 bits per heavy atom. The van der Waals surface area contributed by atoms with Crippen molar-refractivity contribution in [3.8, 4) is 0 Å². The van der Waals surface area contributed by atoms with Crippen molar-refractivity contribution >= 4 is 34.2 Å². The van der Waals surface area contributed by atoms with Crippen LogP contribution in [0.25, 0.3) is 21.3 Å². The molecule has 0 bridgehead atoms. The van der Waals surface area contributed by atoms with Gasteiger partial charge in [-0.1, -0.05) is 356 Å². The zero-order valence-corrected chi connectivity index (χ0v) is 63.1. The average molecular weight is 1320 g/mol. The Bertz CT molecular complexity index is 3230. The van der Waals surface area contributed by atoms with Crippen molar-refractivity contribution in [1.82, 2.24) is 0 Å². The second kappa shape index (κ2) is 33.3. The van der Waals surface area contributed by atoms with Crippen LogP contribution in [0.15, 0.2) is 191 Å². The van der Waals surface area contributed by atoms with E-state index in [0.29, 0.717) is 47.3 Å². The first-order chi connectivity index (χ1) is 42.1. The van der Waals surface area contributed by atoms with Crippen molar-refractivity contribution in [2.45, 2.75) is 238 Å². The predicted octanol–water partition coefficient (Wildman–Crippen LogP) is 27.2. The first kappa shape index (κ1) is 78.3. The molecule has 0 aromatic heterocycles. The predicted molar refractivity (Wildman–Crippen MR) is 396 cm³/mol. The summed E-state index contributed by atoms with van der Waals surface area (Å²) in [6.07, 6.45) is 8.88. The van der Waals surface area contributed by atoms with Crippen LogP contribution in [0.4, 0.5) is 22.7 Å². The molecule has 2 heterocycles. The van der Waals surface area contributed by atoms with Gasteiger partial charge in [0.2, 0.25) is 0 Å². The minimum absolute atomic E-state index is 0. The molecule has 2 atom stereocenters. The van der Waals surface area contributed by atoms with Gasteiger partial charge in [-0.3, -0.25) is 9.98 Å². The summed E-state index contributed by atoms with van der Waals surface area (Å²) in [7, 11) is 0. The molecule has 0 amide bonds. The van der Waals surface area contributed by atoms with Crippen molar-refractivity contribution < 1.29 is 33.6 Å². The van der Waals surface area contributed by atoms with Gasteiger partial charge in [0.15, 0.2) is 0 Å². The molecule has 6 nitrogen and oxygen atoms in total. The summed E-state index contributed by atoms with van der Waals surface area (Å²) < 4.78 is 0. The fourth-order valence-electron chi connectivity index (χ4n) is 12.2. The van der Waals surface area contributed by atoms with Gasteiger partial charge < -0.3 is 21.3 Å². The molecule has 496 valence electrons. The Kier molecular flexibility index (Phi) is 28.3. The van der Waals surface area contributed by atoms with Crippen LogP contribution in [-0.2, 0) is 44.6 Å². The first-order valence-corrected chi connectivity index (χ1v) is 33.6. The first-order valence-electron chi connectivity index (χ1n) is 33.6. The van der Waals surface area contributed by atoms with Crippen LogP contribution in [0.1, 0.15) is 283 Å². The monoisotopic (exact) mass is 1320 g/mol. The average Bonchev–Trinajstić information content (AvgIpc) is 1.52.